The molecule has 7 heteroatoms. The number of halogens is 1. The lowest BCUT2D eigenvalue weighted by atomic mass is 10.3. The molecule has 1 saturated heterocycles. The molecule has 0 aliphatic carbocycles. The van der Waals surface area contributed by atoms with E-state index >= 15 is 0 Å². The molecule has 2 rings (SSSR count). The molecule has 5 nitrogen and oxygen atoms in total. The maximum atomic E-state index is 11.8. The van der Waals surface area contributed by atoms with Crippen molar-refractivity contribution >= 4 is 39.2 Å². The topological polar surface area (TPSA) is 49.9 Å². The standard InChI is InChI=1S/C11H14BrN3O2S/c1-14-4-6-15(7-5-14)11(18)13-10(16)8-2-3-9(12)17-8/h2-3H,4-7H2,1H3,(H,13,16,18)/p+1. The van der Waals surface area contributed by atoms with Gasteiger partial charge in [0.1, 0.15) is 0 Å². The van der Waals surface area contributed by atoms with E-state index in [1.165, 1.54) is 4.90 Å². The summed E-state index contributed by atoms with van der Waals surface area (Å²) in [7, 11) is 2.15. The van der Waals surface area contributed by atoms with Crippen molar-refractivity contribution in [3.8, 4) is 0 Å². The number of piperazine rings is 1. The minimum atomic E-state index is -0.308. The first-order valence-corrected chi connectivity index (χ1v) is 6.93. The second-order valence-corrected chi connectivity index (χ2v) is 5.48. The van der Waals surface area contributed by atoms with Crippen LogP contribution < -0.4 is 10.2 Å². The van der Waals surface area contributed by atoms with Crippen LogP contribution >= 0.6 is 28.1 Å². The molecule has 1 aliphatic rings. The third-order valence-electron chi connectivity index (χ3n) is 2.92. The Morgan fingerprint density at radius 2 is 2.17 bits per heavy atom. The van der Waals surface area contributed by atoms with Gasteiger partial charge in [0.15, 0.2) is 15.5 Å². The van der Waals surface area contributed by atoms with Gasteiger partial charge >= 0.3 is 0 Å². The van der Waals surface area contributed by atoms with E-state index in [4.69, 9.17) is 16.6 Å². The Morgan fingerprint density at radius 3 is 2.72 bits per heavy atom. The largest absolute Gasteiger partial charge is 0.444 e. The van der Waals surface area contributed by atoms with Crippen LogP contribution in [0.5, 0.6) is 0 Å². The van der Waals surface area contributed by atoms with Gasteiger partial charge in [-0.3, -0.25) is 10.1 Å². The highest BCUT2D eigenvalue weighted by Gasteiger charge is 2.21. The minimum absolute atomic E-state index is 0.254. The predicted molar refractivity (Wildman–Crippen MR) is 74.7 cm³/mol. The number of nitrogens with one attached hydrogen (secondary N) is 2. The van der Waals surface area contributed by atoms with Crippen LogP contribution in [0.25, 0.3) is 0 Å². The van der Waals surface area contributed by atoms with Gasteiger partial charge in [-0.15, -0.1) is 0 Å². The molecule has 0 unspecified atom stereocenters. The van der Waals surface area contributed by atoms with Crippen LogP contribution in [0.15, 0.2) is 21.2 Å². The molecule has 18 heavy (non-hydrogen) atoms. The monoisotopic (exact) mass is 332 g/mol. The molecule has 0 spiro atoms. The van der Waals surface area contributed by atoms with Crippen LogP contribution in [-0.4, -0.2) is 49.1 Å². The van der Waals surface area contributed by atoms with Crippen molar-refractivity contribution in [2.24, 2.45) is 0 Å². The SMILES string of the molecule is C[NH+]1CCN(C(=S)NC(=O)c2ccc(Br)o2)CC1. The summed E-state index contributed by atoms with van der Waals surface area (Å²) in [6, 6.07) is 3.29. The Bertz CT molecular complexity index is 455. The normalized spacial score (nSPS) is 16.7. The Morgan fingerprint density at radius 1 is 1.50 bits per heavy atom. The van der Waals surface area contributed by atoms with Crippen LogP contribution in [0.4, 0.5) is 0 Å². The molecule has 0 bridgehead atoms. The molecule has 0 atom stereocenters. The summed E-state index contributed by atoms with van der Waals surface area (Å²) in [6.07, 6.45) is 0. The molecule has 0 aromatic carbocycles. The number of furan rings is 1. The Labute approximate surface area is 119 Å². The molecular formula is C11H15BrN3O2S+. The van der Waals surface area contributed by atoms with Crippen molar-refractivity contribution in [1.82, 2.24) is 10.2 Å². The van der Waals surface area contributed by atoms with Crippen molar-refractivity contribution < 1.29 is 14.1 Å². The summed E-state index contributed by atoms with van der Waals surface area (Å²) >= 11 is 8.38. The quantitative estimate of drug-likeness (QED) is 0.704. The van der Waals surface area contributed by atoms with E-state index in [0.29, 0.717) is 9.78 Å². The molecule has 1 aliphatic heterocycles. The van der Waals surface area contributed by atoms with Crippen LogP contribution in [0.1, 0.15) is 10.6 Å². The summed E-state index contributed by atoms with van der Waals surface area (Å²) in [4.78, 5) is 15.3. The van der Waals surface area contributed by atoms with Crippen molar-refractivity contribution in [1.29, 1.82) is 0 Å². The van der Waals surface area contributed by atoms with Crippen LogP contribution in [0.2, 0.25) is 0 Å². The number of carbonyl (C=O) groups excluding carboxylic acids is 1. The van der Waals surface area contributed by atoms with E-state index in [0.717, 1.165) is 26.2 Å². The third kappa shape index (κ3) is 3.30. The lowest BCUT2D eigenvalue weighted by Gasteiger charge is -2.31. The molecule has 2 heterocycles. The van der Waals surface area contributed by atoms with Crippen molar-refractivity contribution in [2.75, 3.05) is 33.2 Å². The maximum Gasteiger partial charge on any atom is 0.293 e. The third-order valence-corrected chi connectivity index (χ3v) is 3.71. The number of likely N-dealkylation sites (N-methyl/N-ethyl adjacent to an activating group) is 1. The van der Waals surface area contributed by atoms with Crippen molar-refractivity contribution in [2.45, 2.75) is 0 Å². The number of hydrogen-bond acceptors (Lipinski definition) is 3. The predicted octanol–water partition coefficient (Wildman–Crippen LogP) is -0.113. The maximum absolute atomic E-state index is 11.8. The zero-order chi connectivity index (χ0) is 13.1. The van der Waals surface area contributed by atoms with Gasteiger partial charge in [0, 0.05) is 0 Å². The summed E-state index contributed by atoms with van der Waals surface area (Å²) < 4.78 is 5.70. The highest BCUT2D eigenvalue weighted by Crippen LogP contribution is 2.13. The fourth-order valence-electron chi connectivity index (χ4n) is 1.77. The Kier molecular flexibility index (Phi) is 4.36. The van der Waals surface area contributed by atoms with Crippen molar-refractivity contribution in [3.05, 3.63) is 22.6 Å². The van der Waals surface area contributed by atoms with Gasteiger partial charge in [-0.1, -0.05) is 0 Å². The summed E-state index contributed by atoms with van der Waals surface area (Å²) in [5.41, 5.74) is 0. The molecule has 1 amide bonds. The fourth-order valence-corrected chi connectivity index (χ4v) is 2.35. The highest BCUT2D eigenvalue weighted by molar-refractivity contribution is 9.10. The number of thiocarbonyl (C=S) groups is 1. The number of carbonyl (C=O) groups is 1. The van der Waals surface area contributed by atoms with E-state index in [1.54, 1.807) is 12.1 Å². The smallest absolute Gasteiger partial charge is 0.293 e. The number of amides is 1. The van der Waals surface area contributed by atoms with Crippen LogP contribution in [-0.2, 0) is 0 Å². The lowest BCUT2D eigenvalue weighted by molar-refractivity contribution is -0.883. The molecule has 1 fully saturated rings. The first-order valence-electron chi connectivity index (χ1n) is 5.73. The molecule has 0 saturated carbocycles. The average Bonchev–Trinajstić information content (AvgIpc) is 2.76. The van der Waals surface area contributed by atoms with Crippen molar-refractivity contribution in [3.63, 3.8) is 0 Å². The number of rotatable bonds is 1. The number of nitrogens with zero attached hydrogens (tertiary/aromatic N) is 1. The lowest BCUT2D eigenvalue weighted by Crippen LogP contribution is -3.12. The minimum Gasteiger partial charge on any atom is -0.444 e. The molecule has 0 radical (unpaired) electrons. The van der Waals surface area contributed by atoms with E-state index in [9.17, 15) is 4.79 Å². The summed E-state index contributed by atoms with van der Waals surface area (Å²) in [5, 5.41) is 3.16. The number of hydrogen-bond donors (Lipinski definition) is 2. The van der Waals surface area contributed by atoms with Crippen LogP contribution in [0, 0.1) is 0 Å². The zero-order valence-electron chi connectivity index (χ0n) is 10.0. The highest BCUT2D eigenvalue weighted by atomic mass is 79.9. The van der Waals surface area contributed by atoms with Gasteiger partial charge in [-0.05, 0) is 40.3 Å². The second kappa shape index (κ2) is 5.81. The van der Waals surface area contributed by atoms with E-state index in [1.807, 2.05) is 4.90 Å². The van der Waals surface area contributed by atoms with Gasteiger partial charge in [0.2, 0.25) is 0 Å². The van der Waals surface area contributed by atoms with Gasteiger partial charge in [-0.25, -0.2) is 0 Å². The van der Waals surface area contributed by atoms with E-state index in [2.05, 4.69) is 28.3 Å². The second-order valence-electron chi connectivity index (χ2n) is 4.31. The first-order chi connectivity index (χ1) is 8.56. The summed E-state index contributed by atoms with van der Waals surface area (Å²) in [5.74, 6) is -0.0547. The molecule has 1 aromatic rings. The van der Waals surface area contributed by atoms with E-state index < -0.39 is 0 Å². The first kappa shape index (κ1) is 13.5. The fraction of sp³-hybridized carbons (Fsp3) is 0.455. The molecule has 2 N–H and O–H groups in total. The molecule has 98 valence electrons. The van der Waals surface area contributed by atoms with Gasteiger partial charge in [0.05, 0.1) is 33.2 Å². The summed E-state index contributed by atoms with van der Waals surface area (Å²) in [6.45, 7) is 3.80. The average molecular weight is 333 g/mol. The zero-order valence-corrected chi connectivity index (χ0v) is 12.4. The molecular weight excluding hydrogens is 318 g/mol. The Hall–Kier alpha value is -0.920. The van der Waals surface area contributed by atoms with E-state index in [-0.39, 0.29) is 11.7 Å². The van der Waals surface area contributed by atoms with Gasteiger partial charge in [-0.2, -0.15) is 0 Å². The van der Waals surface area contributed by atoms with Crippen LogP contribution in [0.3, 0.4) is 0 Å². The Balaban J connectivity index is 1.89. The van der Waals surface area contributed by atoms with Gasteiger partial charge in [0.25, 0.3) is 5.91 Å². The number of quaternary nitrogens is 1. The molecule has 1 aromatic heterocycles. The van der Waals surface area contributed by atoms with Gasteiger partial charge < -0.3 is 14.2 Å².